The summed E-state index contributed by atoms with van der Waals surface area (Å²) in [5.41, 5.74) is 8.29. The van der Waals surface area contributed by atoms with Gasteiger partial charge in [-0.05, 0) is 44.2 Å². The van der Waals surface area contributed by atoms with Crippen LogP contribution in [0.15, 0.2) is 28.4 Å². The van der Waals surface area contributed by atoms with Gasteiger partial charge in [0.05, 0.1) is 18.1 Å². The zero-order valence-electron chi connectivity index (χ0n) is 20.4. The van der Waals surface area contributed by atoms with Crippen LogP contribution in [0, 0.1) is 42.4 Å². The highest BCUT2D eigenvalue weighted by Crippen LogP contribution is 2.24. The minimum atomic E-state index is -0.686. The van der Waals surface area contributed by atoms with Crippen molar-refractivity contribution in [2.45, 2.75) is 65.2 Å². The van der Waals surface area contributed by atoms with E-state index in [1.807, 2.05) is 32.0 Å². The maximum absolute atomic E-state index is 13.1. The third-order valence-electron chi connectivity index (χ3n) is 5.62. The molecule has 2 rings (SSSR count). The van der Waals surface area contributed by atoms with Gasteiger partial charge in [0.1, 0.15) is 18.6 Å². The van der Waals surface area contributed by atoms with Crippen molar-refractivity contribution in [3.63, 3.8) is 0 Å². The number of hydrazone groups is 2. The van der Waals surface area contributed by atoms with E-state index in [0.717, 1.165) is 16.8 Å². The topological polar surface area (TPSA) is 177 Å². The zero-order valence-corrected chi connectivity index (χ0v) is 20.4. The van der Waals surface area contributed by atoms with Crippen LogP contribution in [0.3, 0.4) is 0 Å². The van der Waals surface area contributed by atoms with Crippen LogP contribution in [0.4, 0.5) is 5.69 Å². The molecule has 1 unspecified atom stereocenters. The number of amides is 3. The number of carbonyl (C=O) groups is 4. The van der Waals surface area contributed by atoms with Crippen LogP contribution in [0.5, 0.6) is 0 Å². The highest BCUT2D eigenvalue weighted by Gasteiger charge is 2.30. The fourth-order valence-electron chi connectivity index (χ4n) is 3.75. The van der Waals surface area contributed by atoms with Gasteiger partial charge in [-0.15, -0.1) is 0 Å². The molecule has 1 fully saturated rings. The number of aryl methyl sites for hydroxylation is 2. The van der Waals surface area contributed by atoms with Crippen LogP contribution in [0.2, 0.25) is 0 Å². The number of para-hydroxylation sites is 1. The number of hydrogen-bond donors (Lipinski definition) is 3. The summed E-state index contributed by atoms with van der Waals surface area (Å²) >= 11 is 0. The van der Waals surface area contributed by atoms with Crippen LogP contribution in [0.25, 0.3) is 0 Å². The van der Waals surface area contributed by atoms with Gasteiger partial charge in [0.15, 0.2) is 0 Å². The normalized spacial score (nSPS) is 17.1. The first-order valence-corrected chi connectivity index (χ1v) is 11.6. The zero-order chi connectivity index (χ0) is 26.5. The second-order valence-corrected chi connectivity index (χ2v) is 8.41. The predicted octanol–water partition coefficient (Wildman–Crippen LogP) is 2.55. The summed E-state index contributed by atoms with van der Waals surface area (Å²) in [6.45, 7) is 3.82. The minimum absolute atomic E-state index is 0.115. The molecule has 11 heteroatoms. The first-order valence-electron chi connectivity index (χ1n) is 11.6. The Hall–Kier alpha value is -4.38. The van der Waals surface area contributed by atoms with E-state index in [-0.39, 0.29) is 43.8 Å². The maximum Gasteiger partial charge on any atom is 0.254 e. The molecule has 1 aliphatic rings. The number of benzene rings is 1. The van der Waals surface area contributed by atoms with Crippen molar-refractivity contribution < 1.29 is 19.2 Å². The molecule has 1 aliphatic carbocycles. The molecule has 36 heavy (non-hydrogen) atoms. The number of Topliss-reactive ketones (excluding diaryl/α,β-unsaturated/α-hetero) is 1. The molecule has 11 nitrogen and oxygen atoms in total. The Morgan fingerprint density at radius 3 is 2.14 bits per heavy atom. The van der Waals surface area contributed by atoms with E-state index in [2.05, 4.69) is 26.4 Å². The third-order valence-corrected chi connectivity index (χ3v) is 5.62. The van der Waals surface area contributed by atoms with Gasteiger partial charge in [0.2, 0.25) is 5.91 Å². The number of rotatable bonds is 10. The molecule has 1 aromatic carbocycles. The molecule has 0 saturated heterocycles. The van der Waals surface area contributed by atoms with Gasteiger partial charge in [-0.25, -0.2) is 10.9 Å². The fourth-order valence-corrected chi connectivity index (χ4v) is 3.75. The average Bonchev–Trinajstić information content (AvgIpc) is 2.84. The molecule has 0 spiro atoms. The lowest BCUT2D eigenvalue weighted by molar-refractivity contribution is -0.122. The molecule has 0 aromatic heterocycles. The van der Waals surface area contributed by atoms with Gasteiger partial charge in [0.25, 0.3) is 11.8 Å². The highest BCUT2D eigenvalue weighted by atomic mass is 16.2. The smallest absolute Gasteiger partial charge is 0.254 e. The standard InChI is InChI=1S/C25H29N7O4/c1-16-5-3-6-17(2)25(16)28-22(34)8-4-7-21(33)19-15-18(29-31-23(35)11-13-26)9-10-20(19)30-32-24(36)12-14-27/h3,5-6,19H,4,7-12,15H2,1-2H3,(H,28,34)(H,31,35)(H,32,36)/b29-18+,30-20-. The number of ketones is 1. The van der Waals surface area contributed by atoms with Gasteiger partial charge >= 0.3 is 0 Å². The fraction of sp³-hybridized carbons (Fsp3) is 0.440. The van der Waals surface area contributed by atoms with E-state index in [0.29, 0.717) is 30.7 Å². The molecule has 1 aromatic rings. The summed E-state index contributed by atoms with van der Waals surface area (Å²) in [6, 6.07) is 9.19. The summed E-state index contributed by atoms with van der Waals surface area (Å²) in [4.78, 5) is 48.7. The molecule has 1 saturated carbocycles. The Labute approximate surface area is 209 Å². The Bertz CT molecular complexity index is 1140. The van der Waals surface area contributed by atoms with Crippen molar-refractivity contribution in [1.82, 2.24) is 10.9 Å². The third kappa shape index (κ3) is 8.76. The first-order chi connectivity index (χ1) is 17.2. The van der Waals surface area contributed by atoms with E-state index in [4.69, 9.17) is 10.5 Å². The molecule has 0 heterocycles. The average molecular weight is 492 g/mol. The molecule has 0 bridgehead atoms. The van der Waals surface area contributed by atoms with Crippen molar-refractivity contribution in [3.8, 4) is 12.1 Å². The number of nitriles is 2. The van der Waals surface area contributed by atoms with Gasteiger partial charge in [-0.3, -0.25) is 19.2 Å². The second kappa shape index (κ2) is 14.1. The molecular formula is C25H29N7O4. The van der Waals surface area contributed by atoms with Gasteiger partial charge in [-0.2, -0.15) is 20.7 Å². The lowest BCUT2D eigenvalue weighted by Gasteiger charge is -2.24. The SMILES string of the molecule is Cc1cccc(C)c1NC(=O)CCCC(=O)C1C/C(=N/NC(=O)CC#N)CC/C1=N/NC(=O)CC#N. The number of nitrogens with zero attached hydrogens (tertiary/aromatic N) is 4. The van der Waals surface area contributed by atoms with E-state index >= 15 is 0 Å². The number of hydrogen-bond acceptors (Lipinski definition) is 8. The monoisotopic (exact) mass is 491 g/mol. The molecule has 3 amide bonds. The number of carbonyl (C=O) groups excluding carboxylic acids is 4. The van der Waals surface area contributed by atoms with Crippen molar-refractivity contribution in [1.29, 1.82) is 10.5 Å². The Balaban J connectivity index is 2.02. The van der Waals surface area contributed by atoms with Crippen molar-refractivity contribution in [2.24, 2.45) is 16.1 Å². The van der Waals surface area contributed by atoms with Crippen molar-refractivity contribution in [2.75, 3.05) is 5.32 Å². The molecule has 0 radical (unpaired) electrons. The summed E-state index contributed by atoms with van der Waals surface area (Å²) < 4.78 is 0. The van der Waals surface area contributed by atoms with Gasteiger partial charge in [0, 0.05) is 36.4 Å². The molecule has 0 aliphatic heterocycles. The van der Waals surface area contributed by atoms with E-state index in [1.165, 1.54) is 0 Å². The molecule has 3 N–H and O–H groups in total. The van der Waals surface area contributed by atoms with E-state index < -0.39 is 17.7 Å². The van der Waals surface area contributed by atoms with Gasteiger partial charge in [-0.1, -0.05) is 18.2 Å². The number of nitrogens with one attached hydrogen (secondary N) is 3. The van der Waals surface area contributed by atoms with Crippen molar-refractivity contribution in [3.05, 3.63) is 29.3 Å². The summed E-state index contributed by atoms with van der Waals surface area (Å²) in [5.74, 6) is -2.18. The van der Waals surface area contributed by atoms with Crippen LogP contribution in [-0.4, -0.2) is 34.9 Å². The maximum atomic E-state index is 13.1. The lowest BCUT2D eigenvalue weighted by atomic mass is 9.81. The highest BCUT2D eigenvalue weighted by molar-refractivity contribution is 6.12. The second-order valence-electron chi connectivity index (χ2n) is 8.41. The largest absolute Gasteiger partial charge is 0.326 e. The van der Waals surface area contributed by atoms with Crippen LogP contribution < -0.4 is 16.2 Å². The quantitative estimate of drug-likeness (QED) is 0.423. The van der Waals surface area contributed by atoms with E-state index in [9.17, 15) is 19.2 Å². The Morgan fingerprint density at radius 2 is 1.53 bits per heavy atom. The van der Waals surface area contributed by atoms with E-state index in [1.54, 1.807) is 12.1 Å². The van der Waals surface area contributed by atoms with Crippen LogP contribution >= 0.6 is 0 Å². The molecule has 188 valence electrons. The van der Waals surface area contributed by atoms with Gasteiger partial charge < -0.3 is 5.32 Å². The summed E-state index contributed by atoms with van der Waals surface area (Å²) in [7, 11) is 0. The predicted molar refractivity (Wildman–Crippen MR) is 132 cm³/mol. The Kier molecular flexibility index (Phi) is 10.9. The van der Waals surface area contributed by atoms with Crippen molar-refractivity contribution >= 4 is 40.6 Å². The molecule has 1 atom stereocenters. The molecular weight excluding hydrogens is 462 g/mol. The first kappa shape index (κ1) is 27.9. The summed E-state index contributed by atoms with van der Waals surface area (Å²) in [6.07, 6.45) is 0.819. The lowest BCUT2D eigenvalue weighted by Crippen LogP contribution is -2.35. The van der Waals surface area contributed by atoms with Crippen LogP contribution in [-0.2, 0) is 19.2 Å². The summed E-state index contributed by atoms with van der Waals surface area (Å²) in [5, 5.41) is 28.2. The van der Waals surface area contributed by atoms with Crippen LogP contribution in [0.1, 0.15) is 62.5 Å². The minimum Gasteiger partial charge on any atom is -0.326 e. The Morgan fingerprint density at radius 1 is 0.917 bits per heavy atom. The number of anilines is 1.